The van der Waals surface area contributed by atoms with E-state index in [1.807, 2.05) is 62.4 Å². The lowest BCUT2D eigenvalue weighted by molar-refractivity contribution is -0.143. The van der Waals surface area contributed by atoms with Gasteiger partial charge in [0.05, 0.1) is 0 Å². The van der Waals surface area contributed by atoms with E-state index in [2.05, 4.69) is 19.2 Å². The van der Waals surface area contributed by atoms with Crippen molar-refractivity contribution < 1.29 is 14.3 Å². The molecule has 3 rings (SSSR count). The Kier molecular flexibility index (Phi) is 9.55. The number of carbonyl (C=O) groups is 2. The summed E-state index contributed by atoms with van der Waals surface area (Å²) in [6.07, 6.45) is 6.12. The molecular weight excluding hydrogens is 424 g/mol. The first kappa shape index (κ1) is 25.8. The molecule has 5 heteroatoms. The molecule has 1 aliphatic carbocycles. The highest BCUT2D eigenvalue weighted by Gasteiger charge is 2.30. The molecule has 0 heterocycles. The lowest BCUT2D eigenvalue weighted by Gasteiger charge is -2.32. The number of rotatable bonds is 10. The van der Waals surface area contributed by atoms with Gasteiger partial charge in [-0.1, -0.05) is 82.0 Å². The van der Waals surface area contributed by atoms with E-state index in [-0.39, 0.29) is 24.5 Å². The molecule has 2 amide bonds. The first-order valence-electron chi connectivity index (χ1n) is 12.8. The minimum Gasteiger partial charge on any atom is -0.484 e. The van der Waals surface area contributed by atoms with Crippen molar-refractivity contribution in [2.24, 2.45) is 0 Å². The molecule has 0 aromatic heterocycles. The highest BCUT2D eigenvalue weighted by Crippen LogP contribution is 2.21. The highest BCUT2D eigenvalue weighted by atomic mass is 16.5. The van der Waals surface area contributed by atoms with Crippen molar-refractivity contribution in [1.82, 2.24) is 10.2 Å². The van der Waals surface area contributed by atoms with Crippen LogP contribution in [0.2, 0.25) is 0 Å². The second kappa shape index (κ2) is 12.6. The Bertz CT molecular complexity index is 915. The van der Waals surface area contributed by atoms with Gasteiger partial charge in [0.2, 0.25) is 5.91 Å². The fraction of sp³-hybridized carbons (Fsp3) is 0.517. The summed E-state index contributed by atoms with van der Waals surface area (Å²) in [5, 5.41) is 3.22. The van der Waals surface area contributed by atoms with Gasteiger partial charge in [-0.2, -0.15) is 0 Å². The molecule has 0 radical (unpaired) electrons. The maximum absolute atomic E-state index is 13.4. The molecule has 5 nitrogen and oxygen atoms in total. The molecule has 2 aromatic rings. The maximum Gasteiger partial charge on any atom is 0.261 e. The summed E-state index contributed by atoms with van der Waals surface area (Å²) in [6, 6.07) is 15.7. The predicted molar refractivity (Wildman–Crippen MR) is 137 cm³/mol. The topological polar surface area (TPSA) is 58.6 Å². The second-order valence-corrected chi connectivity index (χ2v) is 9.79. The summed E-state index contributed by atoms with van der Waals surface area (Å²) in [6.45, 7) is 8.58. The van der Waals surface area contributed by atoms with Gasteiger partial charge < -0.3 is 15.0 Å². The molecule has 0 bridgehead atoms. The van der Waals surface area contributed by atoms with Crippen LogP contribution >= 0.6 is 0 Å². The molecule has 0 aliphatic heterocycles. The molecule has 0 unspecified atom stereocenters. The van der Waals surface area contributed by atoms with Crippen LogP contribution in [0.3, 0.4) is 0 Å². The van der Waals surface area contributed by atoms with Crippen molar-refractivity contribution in [3.63, 3.8) is 0 Å². The molecule has 1 fully saturated rings. The fourth-order valence-corrected chi connectivity index (χ4v) is 4.53. The molecule has 0 saturated heterocycles. The van der Waals surface area contributed by atoms with E-state index >= 15 is 0 Å². The number of ether oxygens (including phenoxy) is 1. The van der Waals surface area contributed by atoms with Crippen molar-refractivity contribution in [2.45, 2.75) is 90.8 Å². The summed E-state index contributed by atoms with van der Waals surface area (Å²) in [7, 11) is 0. The van der Waals surface area contributed by atoms with Crippen LogP contribution in [0.4, 0.5) is 0 Å². The zero-order valence-corrected chi connectivity index (χ0v) is 21.2. The van der Waals surface area contributed by atoms with Gasteiger partial charge in [-0.05, 0) is 55.4 Å². The minimum atomic E-state index is -0.525. The third-order valence-electron chi connectivity index (χ3n) is 6.72. The largest absolute Gasteiger partial charge is 0.484 e. The molecule has 1 aliphatic rings. The van der Waals surface area contributed by atoms with Gasteiger partial charge in [-0.15, -0.1) is 0 Å². The van der Waals surface area contributed by atoms with Gasteiger partial charge in [-0.25, -0.2) is 0 Å². The van der Waals surface area contributed by atoms with Gasteiger partial charge in [0.25, 0.3) is 5.91 Å². The van der Waals surface area contributed by atoms with E-state index in [1.165, 1.54) is 12.0 Å². The van der Waals surface area contributed by atoms with Gasteiger partial charge in [0, 0.05) is 12.6 Å². The number of nitrogens with zero attached hydrogens (tertiary/aromatic N) is 1. The van der Waals surface area contributed by atoms with Gasteiger partial charge >= 0.3 is 0 Å². The highest BCUT2D eigenvalue weighted by molar-refractivity contribution is 5.88. The summed E-state index contributed by atoms with van der Waals surface area (Å²) in [4.78, 5) is 28.3. The van der Waals surface area contributed by atoms with E-state index in [0.717, 1.165) is 36.8 Å². The Morgan fingerprint density at radius 1 is 1.00 bits per heavy atom. The molecule has 184 valence electrons. The van der Waals surface area contributed by atoms with Crippen LogP contribution in [0, 0.1) is 6.92 Å². The smallest absolute Gasteiger partial charge is 0.261 e. The number of hydrogen-bond acceptors (Lipinski definition) is 3. The maximum atomic E-state index is 13.4. The number of aryl methyl sites for hydroxylation is 1. The van der Waals surface area contributed by atoms with E-state index in [4.69, 9.17) is 4.74 Å². The van der Waals surface area contributed by atoms with Crippen LogP contribution < -0.4 is 10.1 Å². The molecule has 1 N–H and O–H groups in total. The summed E-state index contributed by atoms with van der Waals surface area (Å²) in [5.41, 5.74) is 3.39. The average molecular weight is 465 g/mol. The van der Waals surface area contributed by atoms with E-state index in [1.54, 1.807) is 4.90 Å². The molecule has 1 saturated carbocycles. The average Bonchev–Trinajstić information content (AvgIpc) is 2.84. The van der Waals surface area contributed by atoms with E-state index in [9.17, 15) is 9.59 Å². The number of amides is 2. The first-order valence-corrected chi connectivity index (χ1v) is 12.8. The van der Waals surface area contributed by atoms with Crippen LogP contribution in [0.15, 0.2) is 48.5 Å². The SMILES string of the molecule is CC[C@H](C(=O)NC1CCCCC1)N(Cc1ccc(C)cc1)C(=O)COc1ccc(C(C)C)cc1. The van der Waals surface area contributed by atoms with Crippen molar-refractivity contribution in [1.29, 1.82) is 0 Å². The van der Waals surface area contributed by atoms with Gasteiger partial charge in [0.1, 0.15) is 11.8 Å². The molecular formula is C29H40N2O3. The van der Waals surface area contributed by atoms with Crippen molar-refractivity contribution in [3.8, 4) is 5.75 Å². The van der Waals surface area contributed by atoms with Crippen LogP contribution in [0.25, 0.3) is 0 Å². The first-order chi connectivity index (χ1) is 16.4. The van der Waals surface area contributed by atoms with Crippen molar-refractivity contribution >= 4 is 11.8 Å². The quantitative estimate of drug-likeness (QED) is 0.487. The lowest BCUT2D eigenvalue weighted by atomic mass is 9.95. The lowest BCUT2D eigenvalue weighted by Crippen LogP contribution is -2.52. The molecule has 2 aromatic carbocycles. The van der Waals surface area contributed by atoms with Crippen molar-refractivity contribution in [3.05, 3.63) is 65.2 Å². The van der Waals surface area contributed by atoms with E-state index in [0.29, 0.717) is 24.6 Å². The van der Waals surface area contributed by atoms with Crippen LogP contribution in [-0.4, -0.2) is 35.4 Å². The number of carbonyl (C=O) groups excluding carboxylic acids is 2. The van der Waals surface area contributed by atoms with Crippen LogP contribution in [0.1, 0.15) is 81.9 Å². The zero-order valence-electron chi connectivity index (χ0n) is 21.2. The number of nitrogens with one attached hydrogen (secondary N) is 1. The normalized spacial score (nSPS) is 15.1. The third kappa shape index (κ3) is 7.34. The minimum absolute atomic E-state index is 0.0591. The van der Waals surface area contributed by atoms with E-state index < -0.39 is 6.04 Å². The number of hydrogen-bond donors (Lipinski definition) is 1. The van der Waals surface area contributed by atoms with Gasteiger partial charge in [0.15, 0.2) is 6.61 Å². The standard InChI is InChI=1S/C29H40N2O3/c1-5-27(29(33)30-25-9-7-6-8-10-25)31(19-23-13-11-22(4)12-14-23)28(32)20-34-26-17-15-24(16-18-26)21(2)3/h11-18,21,25,27H,5-10,19-20H2,1-4H3,(H,30,33)/t27-/m1/s1. The Balaban J connectivity index is 1.73. The Morgan fingerprint density at radius 3 is 2.24 bits per heavy atom. The summed E-state index contributed by atoms with van der Waals surface area (Å²) >= 11 is 0. The predicted octanol–water partition coefficient (Wildman–Crippen LogP) is 5.75. The molecule has 34 heavy (non-hydrogen) atoms. The molecule has 0 spiro atoms. The monoisotopic (exact) mass is 464 g/mol. The third-order valence-corrected chi connectivity index (χ3v) is 6.72. The van der Waals surface area contributed by atoms with Crippen LogP contribution in [0.5, 0.6) is 5.75 Å². The second-order valence-electron chi connectivity index (χ2n) is 9.79. The van der Waals surface area contributed by atoms with Crippen LogP contribution in [-0.2, 0) is 16.1 Å². The Morgan fingerprint density at radius 2 is 1.65 bits per heavy atom. The Hall–Kier alpha value is -2.82. The van der Waals surface area contributed by atoms with Gasteiger partial charge in [-0.3, -0.25) is 9.59 Å². The summed E-state index contributed by atoms with van der Waals surface area (Å²) < 4.78 is 5.84. The Labute approximate surface area is 204 Å². The summed E-state index contributed by atoms with van der Waals surface area (Å²) in [5.74, 6) is 0.858. The molecule has 1 atom stereocenters. The fourth-order valence-electron chi connectivity index (χ4n) is 4.53. The zero-order chi connectivity index (χ0) is 24.5. The number of benzene rings is 2. The van der Waals surface area contributed by atoms with Crippen molar-refractivity contribution in [2.75, 3.05) is 6.61 Å².